The lowest BCUT2D eigenvalue weighted by atomic mass is 10.1. The van der Waals surface area contributed by atoms with Crippen LogP contribution in [-0.4, -0.2) is 40.9 Å². The topological polar surface area (TPSA) is 49.9 Å². The molecule has 2 heterocycles. The molecule has 2 aliphatic heterocycles. The van der Waals surface area contributed by atoms with Crippen LogP contribution in [0.3, 0.4) is 0 Å². The van der Waals surface area contributed by atoms with Gasteiger partial charge >= 0.3 is 0 Å². The molecule has 0 aromatic heterocycles. The van der Waals surface area contributed by atoms with Crippen molar-refractivity contribution >= 4 is 21.5 Å². The summed E-state index contributed by atoms with van der Waals surface area (Å²) in [6.45, 7) is 4.49. The summed E-state index contributed by atoms with van der Waals surface area (Å²) in [6.07, 6.45) is 6.04. The van der Waals surface area contributed by atoms with Gasteiger partial charge in [-0.2, -0.15) is 8.42 Å². The Kier molecular flexibility index (Phi) is 4.59. The maximum absolute atomic E-state index is 11.2. The lowest BCUT2D eigenvalue weighted by Crippen LogP contribution is -2.24. The first kappa shape index (κ1) is 15.6. The van der Waals surface area contributed by atoms with Gasteiger partial charge in [0.25, 0.3) is 10.1 Å². The Bertz CT molecular complexity index is 618. The Morgan fingerprint density at radius 3 is 2.05 bits per heavy atom. The summed E-state index contributed by atoms with van der Waals surface area (Å²) in [5.41, 5.74) is 3.42. The molecular formula is C16H24N2O3S. The van der Waals surface area contributed by atoms with Crippen LogP contribution < -0.4 is 9.80 Å². The Hall–Kier alpha value is -1.27. The van der Waals surface area contributed by atoms with Crippen LogP contribution in [0.4, 0.5) is 11.4 Å². The van der Waals surface area contributed by atoms with Gasteiger partial charge in [-0.3, -0.25) is 4.18 Å². The van der Waals surface area contributed by atoms with E-state index in [0.717, 1.165) is 38.0 Å². The fraction of sp³-hybridized carbons (Fsp3) is 0.625. The standard InChI is InChI=1S/C16H24N2O3S/c1-22(19,20)21-13-14-6-7-15(17-8-2-3-9-17)16(12-14)18-10-4-5-11-18/h6-7,12H,2-5,8-11,13H2,1H3. The second-order valence-corrected chi connectivity index (χ2v) is 7.82. The van der Waals surface area contributed by atoms with Gasteiger partial charge < -0.3 is 9.80 Å². The smallest absolute Gasteiger partial charge is 0.264 e. The molecular weight excluding hydrogens is 300 g/mol. The largest absolute Gasteiger partial charge is 0.370 e. The zero-order valence-corrected chi connectivity index (χ0v) is 13.9. The van der Waals surface area contributed by atoms with Crippen LogP contribution in [0.5, 0.6) is 0 Å². The summed E-state index contributed by atoms with van der Waals surface area (Å²) < 4.78 is 27.3. The number of hydrogen-bond acceptors (Lipinski definition) is 5. The Morgan fingerprint density at radius 2 is 1.50 bits per heavy atom. The van der Waals surface area contributed by atoms with Crippen LogP contribution in [0.15, 0.2) is 18.2 Å². The van der Waals surface area contributed by atoms with Crippen molar-refractivity contribution in [3.8, 4) is 0 Å². The van der Waals surface area contributed by atoms with E-state index < -0.39 is 10.1 Å². The second-order valence-electron chi connectivity index (χ2n) is 6.18. The van der Waals surface area contributed by atoms with Crippen molar-refractivity contribution in [3.05, 3.63) is 23.8 Å². The fourth-order valence-electron chi connectivity index (χ4n) is 3.27. The quantitative estimate of drug-likeness (QED) is 0.778. The van der Waals surface area contributed by atoms with Gasteiger partial charge in [0.2, 0.25) is 0 Å². The maximum Gasteiger partial charge on any atom is 0.264 e. The van der Waals surface area contributed by atoms with Gasteiger partial charge in [-0.05, 0) is 43.4 Å². The number of nitrogens with zero attached hydrogens (tertiary/aromatic N) is 2. The van der Waals surface area contributed by atoms with Crippen molar-refractivity contribution < 1.29 is 12.6 Å². The first-order chi connectivity index (χ1) is 10.5. The van der Waals surface area contributed by atoms with E-state index in [2.05, 4.69) is 21.9 Å². The number of rotatable bonds is 5. The third-order valence-electron chi connectivity index (χ3n) is 4.37. The molecule has 1 aromatic rings. The van der Waals surface area contributed by atoms with Crippen LogP contribution in [0.25, 0.3) is 0 Å². The van der Waals surface area contributed by atoms with Crippen LogP contribution in [0, 0.1) is 0 Å². The lowest BCUT2D eigenvalue weighted by Gasteiger charge is -2.28. The molecule has 0 atom stereocenters. The van der Waals surface area contributed by atoms with Gasteiger partial charge in [0.05, 0.1) is 24.2 Å². The van der Waals surface area contributed by atoms with Crippen LogP contribution in [-0.2, 0) is 20.9 Å². The van der Waals surface area contributed by atoms with E-state index in [1.165, 1.54) is 37.1 Å². The van der Waals surface area contributed by atoms with E-state index in [4.69, 9.17) is 4.18 Å². The summed E-state index contributed by atoms with van der Waals surface area (Å²) in [6, 6.07) is 6.21. The first-order valence-corrected chi connectivity index (χ1v) is 9.82. The Labute approximate surface area is 133 Å². The summed E-state index contributed by atoms with van der Waals surface area (Å²) in [4.78, 5) is 4.85. The van der Waals surface area contributed by atoms with Gasteiger partial charge in [0.15, 0.2) is 0 Å². The van der Waals surface area contributed by atoms with E-state index in [0.29, 0.717) is 0 Å². The van der Waals surface area contributed by atoms with Gasteiger partial charge in [-0.15, -0.1) is 0 Å². The van der Waals surface area contributed by atoms with Gasteiger partial charge in [-0.25, -0.2) is 0 Å². The molecule has 0 aliphatic carbocycles. The summed E-state index contributed by atoms with van der Waals surface area (Å²) in [5, 5.41) is 0. The van der Waals surface area contributed by atoms with Crippen LogP contribution >= 0.6 is 0 Å². The summed E-state index contributed by atoms with van der Waals surface area (Å²) in [5.74, 6) is 0. The third-order valence-corrected chi connectivity index (χ3v) is 4.92. The minimum Gasteiger partial charge on any atom is -0.370 e. The maximum atomic E-state index is 11.2. The predicted octanol–water partition coefficient (Wildman–Crippen LogP) is 2.36. The van der Waals surface area contributed by atoms with Gasteiger partial charge in [0, 0.05) is 26.2 Å². The van der Waals surface area contributed by atoms with E-state index in [9.17, 15) is 8.42 Å². The van der Waals surface area contributed by atoms with Crippen molar-refractivity contribution in [1.29, 1.82) is 0 Å². The minimum absolute atomic E-state index is 0.111. The molecule has 2 aliphatic rings. The third kappa shape index (κ3) is 3.73. The van der Waals surface area contributed by atoms with Crippen molar-refractivity contribution in [2.75, 3.05) is 42.2 Å². The molecule has 1 aromatic carbocycles. The molecule has 22 heavy (non-hydrogen) atoms. The van der Waals surface area contributed by atoms with Crippen LogP contribution in [0.1, 0.15) is 31.2 Å². The molecule has 0 bridgehead atoms. The number of anilines is 2. The highest BCUT2D eigenvalue weighted by Gasteiger charge is 2.21. The molecule has 0 unspecified atom stereocenters. The molecule has 5 nitrogen and oxygen atoms in total. The highest BCUT2D eigenvalue weighted by atomic mass is 32.2. The summed E-state index contributed by atoms with van der Waals surface area (Å²) in [7, 11) is -3.40. The molecule has 2 fully saturated rings. The van der Waals surface area contributed by atoms with Crippen molar-refractivity contribution in [1.82, 2.24) is 0 Å². The highest BCUT2D eigenvalue weighted by molar-refractivity contribution is 7.85. The SMILES string of the molecule is CS(=O)(=O)OCc1ccc(N2CCCC2)c(N2CCCC2)c1. The van der Waals surface area contributed by atoms with Crippen molar-refractivity contribution in [2.24, 2.45) is 0 Å². The number of hydrogen-bond donors (Lipinski definition) is 0. The molecule has 122 valence electrons. The molecule has 0 radical (unpaired) electrons. The summed E-state index contributed by atoms with van der Waals surface area (Å²) >= 11 is 0. The normalized spacial score (nSPS) is 19.1. The van der Waals surface area contributed by atoms with E-state index in [1.54, 1.807) is 0 Å². The zero-order chi connectivity index (χ0) is 15.6. The van der Waals surface area contributed by atoms with E-state index >= 15 is 0 Å². The number of benzene rings is 1. The molecule has 0 spiro atoms. The lowest BCUT2D eigenvalue weighted by molar-refractivity contribution is 0.312. The van der Waals surface area contributed by atoms with Crippen molar-refractivity contribution in [3.63, 3.8) is 0 Å². The molecule has 0 saturated carbocycles. The van der Waals surface area contributed by atoms with E-state index in [1.807, 2.05) is 6.07 Å². The Morgan fingerprint density at radius 1 is 0.955 bits per heavy atom. The van der Waals surface area contributed by atoms with Gasteiger partial charge in [-0.1, -0.05) is 6.07 Å². The predicted molar refractivity (Wildman–Crippen MR) is 89.0 cm³/mol. The Balaban J connectivity index is 1.86. The molecule has 6 heteroatoms. The monoisotopic (exact) mass is 324 g/mol. The average Bonchev–Trinajstić information content (AvgIpc) is 3.17. The van der Waals surface area contributed by atoms with Crippen molar-refractivity contribution in [2.45, 2.75) is 32.3 Å². The second kappa shape index (κ2) is 6.46. The average molecular weight is 324 g/mol. The molecule has 2 saturated heterocycles. The van der Waals surface area contributed by atoms with E-state index in [-0.39, 0.29) is 6.61 Å². The highest BCUT2D eigenvalue weighted by Crippen LogP contribution is 2.35. The molecule has 0 N–H and O–H groups in total. The molecule has 0 amide bonds. The minimum atomic E-state index is -3.40. The van der Waals surface area contributed by atoms with Gasteiger partial charge in [0.1, 0.15) is 0 Å². The fourth-order valence-corrected chi connectivity index (χ4v) is 3.62. The molecule has 3 rings (SSSR count). The zero-order valence-electron chi connectivity index (χ0n) is 13.1. The first-order valence-electron chi connectivity index (χ1n) is 8.00. The van der Waals surface area contributed by atoms with Crippen LogP contribution in [0.2, 0.25) is 0 Å².